The third-order valence-electron chi connectivity index (χ3n) is 7.03. The Hall–Kier alpha value is -5.06. The predicted octanol–water partition coefficient (Wildman–Crippen LogP) is 11.2. The number of rotatable bonds is 8. The van der Waals surface area contributed by atoms with Crippen molar-refractivity contribution >= 4 is 58.5 Å². The van der Waals surface area contributed by atoms with E-state index >= 15 is 0 Å². The molecule has 10 heteroatoms. The number of amides is 2. The van der Waals surface area contributed by atoms with Crippen molar-refractivity contribution in [3.05, 3.63) is 109 Å². The molecule has 5 aromatic rings. The van der Waals surface area contributed by atoms with Gasteiger partial charge in [0.2, 0.25) is 0 Å². The highest BCUT2D eigenvalue weighted by Gasteiger charge is 2.17. The van der Waals surface area contributed by atoms with Crippen LogP contribution in [0.2, 0.25) is 0 Å². The molecule has 2 amide bonds. The van der Waals surface area contributed by atoms with Crippen LogP contribution in [0.3, 0.4) is 0 Å². The Balaban J connectivity index is 1.18. The predicted molar refractivity (Wildman–Crippen MR) is 207 cm³/mol. The number of nitrogens with two attached hydrogens (primary N) is 2. The molecule has 6 N–H and O–H groups in total. The van der Waals surface area contributed by atoms with Gasteiger partial charge in [-0.25, -0.2) is 9.59 Å². The van der Waals surface area contributed by atoms with Gasteiger partial charge in [0.05, 0.1) is 0 Å². The summed E-state index contributed by atoms with van der Waals surface area (Å²) in [6, 6.07) is 35.6. The van der Waals surface area contributed by atoms with E-state index in [0.717, 1.165) is 41.8 Å². The van der Waals surface area contributed by atoms with E-state index in [0.29, 0.717) is 22.7 Å². The largest absolute Gasteiger partial charge is 0.444 e. The number of hydrogen-bond acceptors (Lipinski definition) is 8. The van der Waals surface area contributed by atoms with Crippen molar-refractivity contribution in [2.45, 2.75) is 72.3 Å². The number of ether oxygens (including phenoxy) is 2. The summed E-state index contributed by atoms with van der Waals surface area (Å²) in [7, 11) is 0. The minimum atomic E-state index is -0.561. The van der Waals surface area contributed by atoms with Gasteiger partial charge in [0.25, 0.3) is 0 Å². The number of nitrogens with one attached hydrogen (secondary N) is 2. The summed E-state index contributed by atoms with van der Waals surface area (Å²) in [5, 5.41) is 5.50. The number of nitrogen functional groups attached to an aromatic ring is 2. The maximum absolute atomic E-state index is 12.1. The minimum Gasteiger partial charge on any atom is -0.444 e. The first-order valence-electron chi connectivity index (χ1n) is 16.1. The van der Waals surface area contributed by atoms with E-state index in [1.165, 1.54) is 0 Å². The van der Waals surface area contributed by atoms with E-state index < -0.39 is 23.4 Å². The smallest absolute Gasteiger partial charge is 0.412 e. The molecule has 0 atom stereocenters. The van der Waals surface area contributed by atoms with E-state index in [4.69, 9.17) is 20.9 Å². The highest BCUT2D eigenvalue weighted by molar-refractivity contribution is 7.99. The molecule has 50 heavy (non-hydrogen) atoms. The van der Waals surface area contributed by atoms with Gasteiger partial charge in [0.15, 0.2) is 0 Å². The topological polar surface area (TPSA) is 129 Å². The van der Waals surface area contributed by atoms with E-state index in [9.17, 15) is 9.59 Å². The zero-order valence-electron chi connectivity index (χ0n) is 29.0. The zero-order valence-corrected chi connectivity index (χ0v) is 30.6. The van der Waals surface area contributed by atoms with Gasteiger partial charge in [-0.05, 0) is 137 Å². The Morgan fingerprint density at radius 1 is 0.500 bits per heavy atom. The third kappa shape index (κ3) is 10.5. The molecule has 0 bridgehead atoms. The van der Waals surface area contributed by atoms with E-state index in [1.807, 2.05) is 114 Å². The molecule has 5 aromatic carbocycles. The molecule has 8 nitrogen and oxygen atoms in total. The molecule has 0 aliphatic carbocycles. The molecule has 0 heterocycles. The summed E-state index contributed by atoms with van der Waals surface area (Å²) < 4.78 is 10.6. The first kappa shape index (κ1) is 36.2. The molecule has 0 unspecified atom stereocenters. The van der Waals surface area contributed by atoms with Crippen LogP contribution in [-0.4, -0.2) is 23.4 Å². The number of carbonyl (C=O) groups excluding carboxylic acids is 2. The Kier molecular flexibility index (Phi) is 11.0. The van der Waals surface area contributed by atoms with Crippen molar-refractivity contribution in [3.63, 3.8) is 0 Å². The van der Waals surface area contributed by atoms with Crippen molar-refractivity contribution in [1.29, 1.82) is 0 Å². The van der Waals surface area contributed by atoms with Crippen LogP contribution in [0.5, 0.6) is 0 Å². The first-order valence-corrected chi connectivity index (χ1v) is 17.7. The second-order valence-corrected chi connectivity index (χ2v) is 15.8. The van der Waals surface area contributed by atoms with Crippen LogP contribution in [-0.2, 0) is 9.47 Å². The average Bonchev–Trinajstić information content (AvgIpc) is 3.03. The van der Waals surface area contributed by atoms with Gasteiger partial charge < -0.3 is 20.9 Å². The number of hydrogen-bond donors (Lipinski definition) is 4. The monoisotopic (exact) mass is 706 g/mol. The SMILES string of the molecule is CC(C)(C)OC(=O)Nc1ccc(Sc2ccc(-c3ccc(-c4ccc(Sc5ccc(NC(=O)OC(C)(C)C)cc5)c(N)c4)cc3)cc2N)cc1. The summed E-state index contributed by atoms with van der Waals surface area (Å²) >= 11 is 3.12. The molecule has 0 aromatic heterocycles. The quantitative estimate of drug-likeness (QED) is 0.117. The molecule has 5 rings (SSSR count). The molecule has 0 spiro atoms. The Morgan fingerprint density at radius 2 is 0.820 bits per heavy atom. The van der Waals surface area contributed by atoms with Crippen LogP contribution in [0.1, 0.15) is 41.5 Å². The molecule has 0 aliphatic rings. The second kappa shape index (κ2) is 15.2. The van der Waals surface area contributed by atoms with Gasteiger partial charge in [-0.3, -0.25) is 10.6 Å². The van der Waals surface area contributed by atoms with Gasteiger partial charge in [0, 0.05) is 42.3 Å². The van der Waals surface area contributed by atoms with E-state index in [-0.39, 0.29) is 0 Å². The van der Waals surface area contributed by atoms with Crippen molar-refractivity contribution in [3.8, 4) is 22.3 Å². The summed E-state index contributed by atoms with van der Waals surface area (Å²) in [6.45, 7) is 11.0. The van der Waals surface area contributed by atoms with Crippen molar-refractivity contribution in [1.82, 2.24) is 0 Å². The fraction of sp³-hybridized carbons (Fsp3) is 0.200. The summed E-state index contributed by atoms with van der Waals surface area (Å²) in [5.41, 5.74) is 18.7. The van der Waals surface area contributed by atoms with Crippen LogP contribution in [0.15, 0.2) is 129 Å². The van der Waals surface area contributed by atoms with E-state index in [2.05, 4.69) is 47.0 Å². The van der Waals surface area contributed by atoms with Gasteiger partial charge in [-0.1, -0.05) is 59.9 Å². The highest BCUT2D eigenvalue weighted by atomic mass is 32.2. The molecule has 0 saturated heterocycles. The standard InChI is InChI=1S/C40H42N4O4S2/c1-39(2,3)47-37(45)43-29-13-17-31(18-14-29)49-35-21-11-27(23-33(35)41)25-7-9-26(10-8-25)28-12-22-36(34(42)24-28)50-32-19-15-30(16-20-32)44-38(46)48-40(4,5)6/h7-24H,41-42H2,1-6H3,(H,43,45)(H,44,46). The van der Waals surface area contributed by atoms with Crippen LogP contribution in [0.25, 0.3) is 22.3 Å². The Labute approximate surface area is 302 Å². The maximum Gasteiger partial charge on any atom is 0.412 e. The van der Waals surface area contributed by atoms with Gasteiger partial charge in [-0.2, -0.15) is 0 Å². The molecule has 0 saturated carbocycles. The number of carbonyl (C=O) groups is 2. The highest BCUT2D eigenvalue weighted by Crippen LogP contribution is 2.37. The molecule has 0 aliphatic heterocycles. The summed E-state index contributed by atoms with van der Waals surface area (Å²) in [5.74, 6) is 0. The average molecular weight is 707 g/mol. The number of anilines is 4. The molecular weight excluding hydrogens is 665 g/mol. The van der Waals surface area contributed by atoms with Crippen LogP contribution in [0, 0.1) is 0 Å². The first-order chi connectivity index (χ1) is 23.6. The van der Waals surface area contributed by atoms with E-state index in [1.54, 1.807) is 23.5 Å². The van der Waals surface area contributed by atoms with Crippen LogP contribution in [0.4, 0.5) is 32.3 Å². The zero-order chi connectivity index (χ0) is 36.1. The molecule has 0 fully saturated rings. The van der Waals surface area contributed by atoms with Crippen molar-refractivity contribution in [2.75, 3.05) is 22.1 Å². The van der Waals surface area contributed by atoms with Gasteiger partial charge in [-0.15, -0.1) is 0 Å². The summed E-state index contributed by atoms with van der Waals surface area (Å²) in [4.78, 5) is 28.0. The molecule has 0 radical (unpaired) electrons. The third-order valence-corrected chi connectivity index (χ3v) is 9.23. The lowest BCUT2D eigenvalue weighted by Gasteiger charge is -2.19. The Bertz CT molecular complexity index is 1820. The lowest BCUT2D eigenvalue weighted by Crippen LogP contribution is -2.27. The minimum absolute atomic E-state index is 0.487. The van der Waals surface area contributed by atoms with Crippen LogP contribution < -0.4 is 22.1 Å². The van der Waals surface area contributed by atoms with Crippen molar-refractivity contribution < 1.29 is 19.1 Å². The maximum atomic E-state index is 12.1. The Morgan fingerprint density at radius 3 is 1.12 bits per heavy atom. The number of benzene rings is 5. The molecule has 258 valence electrons. The lowest BCUT2D eigenvalue weighted by molar-refractivity contribution is 0.0624. The van der Waals surface area contributed by atoms with Gasteiger partial charge in [0.1, 0.15) is 11.2 Å². The normalized spacial score (nSPS) is 11.5. The second-order valence-electron chi connectivity index (χ2n) is 13.6. The van der Waals surface area contributed by atoms with Crippen LogP contribution >= 0.6 is 23.5 Å². The summed E-state index contributed by atoms with van der Waals surface area (Å²) in [6.07, 6.45) is -0.975. The fourth-order valence-electron chi connectivity index (χ4n) is 4.81. The lowest BCUT2D eigenvalue weighted by atomic mass is 10.00. The van der Waals surface area contributed by atoms with Gasteiger partial charge >= 0.3 is 12.2 Å². The fourth-order valence-corrected chi connectivity index (χ4v) is 6.48. The molecular formula is C40H42N4O4S2. The van der Waals surface area contributed by atoms with Crippen molar-refractivity contribution in [2.24, 2.45) is 0 Å².